The topological polar surface area (TPSA) is 84.2 Å². The van der Waals surface area contributed by atoms with E-state index in [0.717, 1.165) is 0 Å². The molecular weight excluding hydrogens is 354 g/mol. The first-order valence-electron chi connectivity index (χ1n) is 8.16. The van der Waals surface area contributed by atoms with E-state index in [1.54, 1.807) is 42.5 Å². The summed E-state index contributed by atoms with van der Waals surface area (Å²) >= 11 is 6.24. The van der Waals surface area contributed by atoms with Gasteiger partial charge in [0.05, 0.1) is 27.7 Å². The molecule has 0 aliphatic carbocycles. The molecule has 0 spiro atoms. The van der Waals surface area contributed by atoms with Crippen molar-refractivity contribution in [2.45, 2.75) is 19.9 Å². The summed E-state index contributed by atoms with van der Waals surface area (Å²) in [5.41, 5.74) is 0.696. The van der Waals surface area contributed by atoms with Crippen LogP contribution in [0.15, 0.2) is 53.3 Å². The molecule has 134 valence electrons. The number of halogens is 1. The van der Waals surface area contributed by atoms with Crippen molar-refractivity contribution in [2.24, 2.45) is 5.92 Å². The van der Waals surface area contributed by atoms with Crippen LogP contribution in [0.1, 0.15) is 25.7 Å². The number of benzene rings is 2. The first-order valence-corrected chi connectivity index (χ1v) is 8.54. The van der Waals surface area contributed by atoms with Gasteiger partial charge in [0, 0.05) is 0 Å². The highest BCUT2D eigenvalue weighted by Gasteiger charge is 2.26. The molecule has 0 saturated carbocycles. The Morgan fingerprint density at radius 2 is 1.85 bits per heavy atom. The van der Waals surface area contributed by atoms with Crippen molar-refractivity contribution in [1.29, 1.82) is 0 Å². The van der Waals surface area contributed by atoms with E-state index in [9.17, 15) is 14.7 Å². The lowest BCUT2D eigenvalue weighted by Gasteiger charge is -2.24. The molecule has 1 unspecified atom stereocenters. The van der Waals surface area contributed by atoms with E-state index >= 15 is 0 Å². The van der Waals surface area contributed by atoms with Crippen molar-refractivity contribution in [2.75, 3.05) is 0 Å². The second kappa shape index (κ2) is 7.17. The highest BCUT2D eigenvalue weighted by Crippen LogP contribution is 2.26. The summed E-state index contributed by atoms with van der Waals surface area (Å²) in [7, 11) is 0. The van der Waals surface area contributed by atoms with Crippen LogP contribution in [0.4, 0.5) is 4.79 Å². The SMILES string of the molecule is CC(C)C(NC(=O)O)c1nc2cccc(Cl)c2c(=O)n1-c1ccccc1. The average Bonchev–Trinajstić information content (AvgIpc) is 2.59. The minimum Gasteiger partial charge on any atom is -0.465 e. The smallest absolute Gasteiger partial charge is 0.405 e. The second-order valence-electron chi connectivity index (χ2n) is 6.25. The number of carbonyl (C=O) groups is 1. The van der Waals surface area contributed by atoms with Crippen LogP contribution in [0.5, 0.6) is 0 Å². The highest BCUT2D eigenvalue weighted by atomic mass is 35.5. The molecule has 3 aromatic rings. The molecule has 26 heavy (non-hydrogen) atoms. The molecule has 1 aromatic heterocycles. The number of amides is 1. The summed E-state index contributed by atoms with van der Waals surface area (Å²) in [6.45, 7) is 3.73. The molecule has 0 aliphatic heterocycles. The number of carboxylic acid groups (broad SMARTS) is 1. The van der Waals surface area contributed by atoms with Gasteiger partial charge in [0.2, 0.25) is 0 Å². The minimum atomic E-state index is -1.18. The summed E-state index contributed by atoms with van der Waals surface area (Å²) in [6.07, 6.45) is -1.18. The summed E-state index contributed by atoms with van der Waals surface area (Å²) in [5, 5.41) is 12.3. The number of hydrogen-bond donors (Lipinski definition) is 2. The van der Waals surface area contributed by atoms with Gasteiger partial charge in [-0.3, -0.25) is 9.36 Å². The number of nitrogens with zero attached hydrogens (tertiary/aromatic N) is 2. The predicted octanol–water partition coefficient (Wildman–Crippen LogP) is 4.00. The monoisotopic (exact) mass is 371 g/mol. The van der Waals surface area contributed by atoms with E-state index in [1.807, 2.05) is 19.9 Å². The molecule has 0 radical (unpaired) electrons. The fourth-order valence-electron chi connectivity index (χ4n) is 2.90. The summed E-state index contributed by atoms with van der Waals surface area (Å²) in [4.78, 5) is 29.1. The Kier molecular flexibility index (Phi) is 4.95. The molecule has 0 fully saturated rings. The van der Waals surface area contributed by atoms with Crippen LogP contribution in [0.25, 0.3) is 16.6 Å². The Morgan fingerprint density at radius 1 is 1.15 bits per heavy atom. The van der Waals surface area contributed by atoms with Gasteiger partial charge >= 0.3 is 6.09 Å². The lowest BCUT2D eigenvalue weighted by molar-refractivity contribution is 0.184. The molecule has 1 atom stereocenters. The Balaban J connectivity index is 2.40. The number of nitrogens with one attached hydrogen (secondary N) is 1. The third-order valence-electron chi connectivity index (χ3n) is 4.11. The summed E-state index contributed by atoms with van der Waals surface area (Å²) in [5.74, 6) is 0.206. The Hall–Kier alpha value is -2.86. The van der Waals surface area contributed by atoms with Gasteiger partial charge < -0.3 is 10.4 Å². The molecule has 0 saturated heterocycles. The van der Waals surface area contributed by atoms with Crippen LogP contribution in [-0.2, 0) is 0 Å². The van der Waals surface area contributed by atoms with E-state index in [-0.39, 0.29) is 11.5 Å². The fraction of sp³-hybridized carbons (Fsp3) is 0.211. The van der Waals surface area contributed by atoms with Crippen molar-refractivity contribution in [3.05, 3.63) is 69.7 Å². The number of aromatic nitrogens is 2. The van der Waals surface area contributed by atoms with Gasteiger partial charge in [-0.15, -0.1) is 0 Å². The van der Waals surface area contributed by atoms with E-state index < -0.39 is 12.1 Å². The minimum absolute atomic E-state index is 0.121. The van der Waals surface area contributed by atoms with Gasteiger partial charge in [-0.2, -0.15) is 0 Å². The normalized spacial score (nSPS) is 12.3. The first-order chi connectivity index (χ1) is 12.4. The number of fused-ring (bicyclic) bond motifs is 1. The summed E-state index contributed by atoms with van der Waals surface area (Å²) < 4.78 is 1.43. The largest absolute Gasteiger partial charge is 0.465 e. The van der Waals surface area contributed by atoms with E-state index in [2.05, 4.69) is 10.3 Å². The molecule has 3 rings (SSSR count). The molecule has 0 bridgehead atoms. The van der Waals surface area contributed by atoms with Crippen molar-refractivity contribution in [3.63, 3.8) is 0 Å². The second-order valence-corrected chi connectivity index (χ2v) is 6.66. The van der Waals surface area contributed by atoms with Crippen LogP contribution in [0.2, 0.25) is 5.02 Å². The third-order valence-corrected chi connectivity index (χ3v) is 4.43. The van der Waals surface area contributed by atoms with E-state index in [1.165, 1.54) is 4.57 Å². The Bertz CT molecular complexity index is 1020. The van der Waals surface area contributed by atoms with Gasteiger partial charge in [0.1, 0.15) is 5.82 Å². The molecule has 2 N–H and O–H groups in total. The van der Waals surface area contributed by atoms with Gasteiger partial charge in [-0.25, -0.2) is 9.78 Å². The van der Waals surface area contributed by atoms with Crippen LogP contribution in [-0.4, -0.2) is 20.8 Å². The van der Waals surface area contributed by atoms with Gasteiger partial charge in [-0.05, 0) is 30.2 Å². The maximum atomic E-state index is 13.2. The zero-order valence-electron chi connectivity index (χ0n) is 14.3. The van der Waals surface area contributed by atoms with Crippen molar-refractivity contribution in [3.8, 4) is 5.69 Å². The van der Waals surface area contributed by atoms with Crippen LogP contribution >= 0.6 is 11.6 Å². The number of rotatable bonds is 4. The van der Waals surface area contributed by atoms with E-state index in [0.29, 0.717) is 27.4 Å². The van der Waals surface area contributed by atoms with Crippen LogP contribution in [0.3, 0.4) is 0 Å². The maximum absolute atomic E-state index is 13.2. The maximum Gasteiger partial charge on any atom is 0.405 e. The van der Waals surface area contributed by atoms with Crippen molar-refractivity contribution >= 4 is 28.6 Å². The average molecular weight is 372 g/mol. The quantitative estimate of drug-likeness (QED) is 0.725. The first kappa shape index (κ1) is 17.9. The van der Waals surface area contributed by atoms with Crippen LogP contribution in [0, 0.1) is 5.92 Å². The molecule has 0 aliphatic rings. The molecule has 1 amide bonds. The number of para-hydroxylation sites is 1. The molecule has 2 aromatic carbocycles. The fourth-order valence-corrected chi connectivity index (χ4v) is 3.15. The highest BCUT2D eigenvalue weighted by molar-refractivity contribution is 6.35. The van der Waals surface area contributed by atoms with Crippen molar-refractivity contribution in [1.82, 2.24) is 14.9 Å². The number of hydrogen-bond acceptors (Lipinski definition) is 3. The molecule has 1 heterocycles. The summed E-state index contributed by atoms with van der Waals surface area (Å²) in [6, 6.07) is 13.4. The van der Waals surface area contributed by atoms with Gasteiger partial charge in [-0.1, -0.05) is 49.7 Å². The predicted molar refractivity (Wildman–Crippen MR) is 101 cm³/mol. The molecular formula is C19H18ClN3O3. The van der Waals surface area contributed by atoms with Gasteiger partial charge in [0.15, 0.2) is 0 Å². The Morgan fingerprint density at radius 3 is 2.46 bits per heavy atom. The lowest BCUT2D eigenvalue weighted by Crippen LogP contribution is -2.36. The van der Waals surface area contributed by atoms with E-state index in [4.69, 9.17) is 11.6 Å². The third kappa shape index (κ3) is 3.28. The zero-order chi connectivity index (χ0) is 18.8. The standard InChI is InChI=1S/C19H18ClN3O3/c1-11(2)16(22-19(25)26)17-21-14-10-6-9-13(20)15(14)18(24)23(17)12-7-4-3-5-8-12/h3-11,16,22H,1-2H3,(H,25,26). The van der Waals surface area contributed by atoms with Crippen molar-refractivity contribution < 1.29 is 9.90 Å². The zero-order valence-corrected chi connectivity index (χ0v) is 15.1. The van der Waals surface area contributed by atoms with Gasteiger partial charge in [0.25, 0.3) is 5.56 Å². The molecule has 7 heteroatoms. The van der Waals surface area contributed by atoms with Crippen LogP contribution < -0.4 is 10.9 Å². The lowest BCUT2D eigenvalue weighted by atomic mass is 10.0. The Labute approximate surface area is 155 Å². The molecule has 6 nitrogen and oxygen atoms in total.